The molecule has 0 aliphatic rings. The Balaban J connectivity index is 0.000000238. The average molecular weight is 691 g/mol. The summed E-state index contributed by atoms with van der Waals surface area (Å²) in [6, 6.07) is 42.9. The Labute approximate surface area is 300 Å². The molecule has 51 heavy (non-hydrogen) atoms. The number of rotatable bonds is 15. The minimum Gasteiger partial charge on any atom is -0.508 e. The molecule has 8 heteroatoms. The summed E-state index contributed by atoms with van der Waals surface area (Å²) in [6.45, 7) is 8.14. The second-order valence-corrected chi connectivity index (χ2v) is 12.2. The first-order chi connectivity index (χ1) is 24.6. The Bertz CT molecular complexity index is 1760. The number of aromatic hydroxyl groups is 1. The smallest absolute Gasteiger partial charge is 0.350 e. The van der Waals surface area contributed by atoms with E-state index in [2.05, 4.69) is 0 Å². The highest BCUT2D eigenvalue weighted by Crippen LogP contribution is 2.26. The molecule has 0 radical (unpaired) electrons. The van der Waals surface area contributed by atoms with Gasteiger partial charge in [-0.3, -0.25) is 0 Å². The zero-order valence-corrected chi connectivity index (χ0v) is 29.6. The SMILES string of the molecule is CCOC(=O)C(C)(Cc1ccc(O)cc1)Oc1ccccc1.CCOC(=O)C(C)(Cc1ccc(OCc2ccccc2)cc1)Oc1ccccc1. The second-order valence-electron chi connectivity index (χ2n) is 12.2. The summed E-state index contributed by atoms with van der Waals surface area (Å²) in [7, 11) is 0. The molecule has 0 bridgehead atoms. The highest BCUT2D eigenvalue weighted by Gasteiger charge is 2.38. The molecule has 0 aromatic heterocycles. The minimum atomic E-state index is -1.13. The van der Waals surface area contributed by atoms with Gasteiger partial charge in [0.25, 0.3) is 0 Å². The van der Waals surface area contributed by atoms with Crippen molar-refractivity contribution >= 4 is 11.9 Å². The number of carbonyl (C=O) groups excluding carboxylic acids is 2. The Hall–Kier alpha value is -5.76. The first kappa shape index (κ1) is 38.0. The van der Waals surface area contributed by atoms with Crippen LogP contribution in [0.15, 0.2) is 140 Å². The predicted octanol–water partition coefficient (Wildman–Crippen LogP) is 8.54. The molecule has 0 saturated carbocycles. The molecule has 5 rings (SSSR count). The zero-order valence-electron chi connectivity index (χ0n) is 29.6. The lowest BCUT2D eigenvalue weighted by atomic mass is 9.96. The summed E-state index contributed by atoms with van der Waals surface area (Å²) in [5, 5.41) is 9.36. The molecule has 2 unspecified atom stereocenters. The molecular weight excluding hydrogens is 644 g/mol. The van der Waals surface area contributed by atoms with Crippen LogP contribution in [0, 0.1) is 0 Å². The first-order valence-electron chi connectivity index (χ1n) is 17.0. The van der Waals surface area contributed by atoms with E-state index in [0.717, 1.165) is 22.4 Å². The molecule has 0 saturated heterocycles. The van der Waals surface area contributed by atoms with E-state index in [1.54, 1.807) is 64.1 Å². The molecule has 0 amide bonds. The molecule has 1 N–H and O–H groups in total. The van der Waals surface area contributed by atoms with Gasteiger partial charge in [0.05, 0.1) is 13.2 Å². The van der Waals surface area contributed by atoms with Gasteiger partial charge in [-0.25, -0.2) is 9.59 Å². The van der Waals surface area contributed by atoms with Crippen molar-refractivity contribution in [2.24, 2.45) is 0 Å². The molecule has 2 atom stereocenters. The Morgan fingerprint density at radius 2 is 0.902 bits per heavy atom. The molecule has 5 aromatic rings. The number of esters is 2. The number of ether oxygens (including phenoxy) is 5. The average Bonchev–Trinajstić information content (AvgIpc) is 3.14. The number of phenols is 1. The monoisotopic (exact) mass is 690 g/mol. The van der Waals surface area contributed by atoms with E-state index in [-0.39, 0.29) is 11.7 Å². The van der Waals surface area contributed by atoms with E-state index < -0.39 is 17.2 Å². The summed E-state index contributed by atoms with van der Waals surface area (Å²) in [4.78, 5) is 25.0. The van der Waals surface area contributed by atoms with Crippen LogP contribution in [-0.4, -0.2) is 41.5 Å². The van der Waals surface area contributed by atoms with Gasteiger partial charge in [-0.15, -0.1) is 0 Å². The summed E-state index contributed by atoms with van der Waals surface area (Å²) in [5.74, 6) is 1.41. The van der Waals surface area contributed by atoms with Crippen molar-refractivity contribution in [1.82, 2.24) is 0 Å². The summed E-state index contributed by atoms with van der Waals surface area (Å²) in [5.41, 5.74) is 0.702. The molecule has 5 aromatic carbocycles. The number of hydrogen-bond donors (Lipinski definition) is 1. The van der Waals surface area contributed by atoms with Gasteiger partial charge in [0.1, 0.15) is 29.6 Å². The fourth-order valence-corrected chi connectivity index (χ4v) is 5.20. The standard InChI is InChI=1S/C25H26O4.C18H20O4/c1-3-27-24(26)25(2,29-23-12-8-5-9-13-23)18-20-14-16-22(17-15-20)28-19-21-10-6-4-7-11-21;1-3-21-17(20)18(2,22-16-7-5-4-6-8-16)13-14-9-11-15(19)12-10-14/h4-17H,3,18-19H2,1-2H3;4-12,19H,3,13H2,1-2H3. The number of carbonyl (C=O) groups is 2. The van der Waals surface area contributed by atoms with Crippen LogP contribution in [0.3, 0.4) is 0 Å². The van der Waals surface area contributed by atoms with Crippen molar-refractivity contribution in [1.29, 1.82) is 0 Å². The molecule has 0 aliphatic carbocycles. The van der Waals surface area contributed by atoms with Gasteiger partial charge < -0.3 is 28.8 Å². The lowest BCUT2D eigenvalue weighted by molar-refractivity contribution is -0.160. The molecule has 266 valence electrons. The van der Waals surface area contributed by atoms with E-state index in [9.17, 15) is 14.7 Å². The molecule has 0 spiro atoms. The van der Waals surface area contributed by atoms with Crippen LogP contribution < -0.4 is 14.2 Å². The largest absolute Gasteiger partial charge is 0.508 e. The van der Waals surface area contributed by atoms with Crippen LogP contribution in [0.25, 0.3) is 0 Å². The maximum atomic E-state index is 12.6. The fourth-order valence-electron chi connectivity index (χ4n) is 5.20. The minimum absolute atomic E-state index is 0.186. The number of hydrogen-bond acceptors (Lipinski definition) is 8. The van der Waals surface area contributed by atoms with Gasteiger partial charge in [0.2, 0.25) is 11.2 Å². The van der Waals surface area contributed by atoms with E-state index >= 15 is 0 Å². The molecule has 0 heterocycles. The molecule has 8 nitrogen and oxygen atoms in total. The quantitative estimate of drug-likeness (QED) is 0.109. The second kappa shape index (κ2) is 18.9. The third-order valence-corrected chi connectivity index (χ3v) is 7.78. The predicted molar refractivity (Wildman–Crippen MR) is 197 cm³/mol. The number of phenolic OH excluding ortho intramolecular Hbond substituents is 1. The van der Waals surface area contributed by atoms with Gasteiger partial charge in [-0.05, 0) is 92.9 Å². The van der Waals surface area contributed by atoms with Crippen LogP contribution in [-0.2, 0) is 38.5 Å². The molecule has 0 aliphatic heterocycles. The van der Waals surface area contributed by atoms with Crippen molar-refractivity contribution in [3.63, 3.8) is 0 Å². The van der Waals surface area contributed by atoms with Crippen LogP contribution in [0.2, 0.25) is 0 Å². The van der Waals surface area contributed by atoms with Crippen molar-refractivity contribution < 1.29 is 38.4 Å². The third-order valence-electron chi connectivity index (χ3n) is 7.78. The van der Waals surface area contributed by atoms with Gasteiger partial charge in [-0.1, -0.05) is 91.0 Å². The maximum absolute atomic E-state index is 12.6. The first-order valence-corrected chi connectivity index (χ1v) is 17.0. The van der Waals surface area contributed by atoms with Crippen molar-refractivity contribution in [2.45, 2.75) is 58.3 Å². The normalized spacial score (nSPS) is 12.9. The van der Waals surface area contributed by atoms with E-state index in [4.69, 9.17) is 23.7 Å². The summed E-state index contributed by atoms with van der Waals surface area (Å²) in [6.07, 6.45) is 0.737. The van der Waals surface area contributed by atoms with Crippen LogP contribution >= 0.6 is 0 Å². The number of para-hydroxylation sites is 2. The van der Waals surface area contributed by atoms with Crippen LogP contribution in [0.5, 0.6) is 23.0 Å². The Kier molecular flexibility index (Phi) is 14.1. The van der Waals surface area contributed by atoms with E-state index in [0.29, 0.717) is 44.2 Å². The van der Waals surface area contributed by atoms with Crippen molar-refractivity contribution in [3.05, 3.63) is 156 Å². The van der Waals surface area contributed by atoms with Gasteiger partial charge in [0, 0.05) is 12.8 Å². The Morgan fingerprint density at radius 1 is 0.510 bits per heavy atom. The highest BCUT2D eigenvalue weighted by molar-refractivity contribution is 5.80. The van der Waals surface area contributed by atoms with Crippen LogP contribution in [0.4, 0.5) is 0 Å². The topological polar surface area (TPSA) is 101 Å². The van der Waals surface area contributed by atoms with Gasteiger partial charge in [-0.2, -0.15) is 0 Å². The highest BCUT2D eigenvalue weighted by atomic mass is 16.6. The summed E-state index contributed by atoms with van der Waals surface area (Å²) < 4.78 is 28.2. The van der Waals surface area contributed by atoms with Crippen molar-refractivity contribution in [3.8, 4) is 23.0 Å². The van der Waals surface area contributed by atoms with E-state index in [1.165, 1.54) is 0 Å². The zero-order chi connectivity index (χ0) is 36.5. The van der Waals surface area contributed by atoms with Gasteiger partial charge >= 0.3 is 11.9 Å². The van der Waals surface area contributed by atoms with E-state index in [1.807, 2.05) is 103 Å². The van der Waals surface area contributed by atoms with Crippen molar-refractivity contribution in [2.75, 3.05) is 13.2 Å². The fraction of sp³-hybridized carbons (Fsp3) is 0.256. The number of benzene rings is 5. The maximum Gasteiger partial charge on any atom is 0.350 e. The van der Waals surface area contributed by atoms with Crippen LogP contribution in [0.1, 0.15) is 44.4 Å². The molecule has 0 fully saturated rings. The van der Waals surface area contributed by atoms with Gasteiger partial charge in [0.15, 0.2) is 0 Å². The Morgan fingerprint density at radius 3 is 1.31 bits per heavy atom. The third kappa shape index (κ3) is 12.0. The molecular formula is C43H46O8. The lowest BCUT2D eigenvalue weighted by Crippen LogP contribution is -2.45. The summed E-state index contributed by atoms with van der Waals surface area (Å²) >= 11 is 0. The lowest BCUT2D eigenvalue weighted by Gasteiger charge is -2.28.